The minimum absolute atomic E-state index is 0.109. The standard InChI is InChI=1S/C28H26O8/c1-5-34-28(30)27(17-9-7-6-8-10-17)35-19-11-12-20-22(15-19)36-25(26(20)29)14-18-13-23(32-3)24(33-4)16-21(18)31-2/h6-16,27H,5H2,1-4H3/t27-/m0/s1. The van der Waals surface area contributed by atoms with Crippen molar-refractivity contribution in [2.75, 3.05) is 27.9 Å². The van der Waals surface area contributed by atoms with E-state index < -0.39 is 12.1 Å². The molecule has 0 radical (unpaired) electrons. The number of Topliss-reactive ketones (excluding diaryl/α,β-unsaturated/α-hetero) is 1. The minimum atomic E-state index is -0.965. The fourth-order valence-electron chi connectivity index (χ4n) is 3.78. The van der Waals surface area contributed by atoms with Crippen LogP contribution in [-0.2, 0) is 9.53 Å². The fraction of sp³-hybridized carbons (Fsp3) is 0.214. The molecule has 3 aromatic rings. The van der Waals surface area contributed by atoms with Crippen molar-refractivity contribution in [3.63, 3.8) is 0 Å². The zero-order chi connectivity index (χ0) is 25.7. The molecule has 0 saturated heterocycles. The highest BCUT2D eigenvalue weighted by atomic mass is 16.6. The summed E-state index contributed by atoms with van der Waals surface area (Å²) in [5.74, 6) is 1.44. The Balaban J connectivity index is 1.63. The summed E-state index contributed by atoms with van der Waals surface area (Å²) in [6.45, 7) is 1.96. The topological polar surface area (TPSA) is 89.5 Å². The van der Waals surface area contributed by atoms with Crippen molar-refractivity contribution in [2.24, 2.45) is 0 Å². The van der Waals surface area contributed by atoms with E-state index in [1.165, 1.54) is 21.3 Å². The van der Waals surface area contributed by atoms with Gasteiger partial charge in [-0.1, -0.05) is 30.3 Å². The van der Waals surface area contributed by atoms with Crippen LogP contribution in [0, 0.1) is 0 Å². The van der Waals surface area contributed by atoms with Gasteiger partial charge in [0.2, 0.25) is 11.9 Å². The highest BCUT2D eigenvalue weighted by Gasteiger charge is 2.30. The molecule has 1 aliphatic rings. The molecule has 4 rings (SSSR count). The second kappa shape index (κ2) is 10.9. The molecule has 0 saturated carbocycles. The highest BCUT2D eigenvalue weighted by molar-refractivity contribution is 6.14. The Kier molecular flexibility index (Phi) is 7.44. The highest BCUT2D eigenvalue weighted by Crippen LogP contribution is 2.39. The van der Waals surface area contributed by atoms with Crippen molar-refractivity contribution >= 4 is 17.8 Å². The van der Waals surface area contributed by atoms with E-state index >= 15 is 0 Å². The molecule has 0 N–H and O–H groups in total. The van der Waals surface area contributed by atoms with Gasteiger partial charge in [-0.15, -0.1) is 0 Å². The van der Waals surface area contributed by atoms with E-state index in [0.717, 1.165) is 0 Å². The van der Waals surface area contributed by atoms with Crippen LogP contribution in [0.3, 0.4) is 0 Å². The largest absolute Gasteiger partial charge is 0.496 e. The number of hydrogen-bond donors (Lipinski definition) is 0. The maximum Gasteiger partial charge on any atom is 0.352 e. The number of ketones is 1. The fourth-order valence-corrected chi connectivity index (χ4v) is 3.78. The molecule has 1 aliphatic heterocycles. The number of esters is 1. The summed E-state index contributed by atoms with van der Waals surface area (Å²) >= 11 is 0. The van der Waals surface area contributed by atoms with Crippen LogP contribution in [0.15, 0.2) is 66.4 Å². The molecule has 3 aromatic carbocycles. The summed E-state index contributed by atoms with van der Waals surface area (Å²) in [5, 5.41) is 0. The van der Waals surface area contributed by atoms with Gasteiger partial charge in [-0.05, 0) is 31.2 Å². The SMILES string of the molecule is CCOC(=O)[C@@H](Oc1ccc2c(c1)OC(=Cc1cc(OC)c(OC)cc1OC)C2=O)c1ccccc1. The average molecular weight is 491 g/mol. The number of ether oxygens (including phenoxy) is 6. The number of fused-ring (bicyclic) bond motifs is 1. The summed E-state index contributed by atoms with van der Waals surface area (Å²) in [7, 11) is 4.57. The van der Waals surface area contributed by atoms with Crippen molar-refractivity contribution in [3.05, 3.63) is 83.1 Å². The molecule has 0 unspecified atom stereocenters. The first-order valence-corrected chi connectivity index (χ1v) is 11.3. The van der Waals surface area contributed by atoms with Gasteiger partial charge < -0.3 is 28.4 Å². The van der Waals surface area contributed by atoms with Gasteiger partial charge in [0.15, 0.2) is 17.3 Å². The normalized spacial score (nSPS) is 14.0. The molecular formula is C28H26O8. The number of benzene rings is 3. The van der Waals surface area contributed by atoms with Crippen LogP contribution in [0.4, 0.5) is 0 Å². The first-order chi connectivity index (χ1) is 17.5. The van der Waals surface area contributed by atoms with Crippen LogP contribution >= 0.6 is 0 Å². The average Bonchev–Trinajstić information content (AvgIpc) is 3.21. The van der Waals surface area contributed by atoms with E-state index in [2.05, 4.69) is 0 Å². The molecule has 0 aromatic heterocycles. The van der Waals surface area contributed by atoms with Gasteiger partial charge in [0.25, 0.3) is 0 Å². The zero-order valence-electron chi connectivity index (χ0n) is 20.4. The number of carbonyl (C=O) groups excluding carboxylic acids is 2. The smallest absolute Gasteiger partial charge is 0.352 e. The van der Waals surface area contributed by atoms with Gasteiger partial charge >= 0.3 is 5.97 Å². The minimum Gasteiger partial charge on any atom is -0.496 e. The lowest BCUT2D eigenvalue weighted by Gasteiger charge is -2.18. The molecule has 0 bridgehead atoms. The molecule has 1 heterocycles. The van der Waals surface area contributed by atoms with Gasteiger partial charge in [-0.25, -0.2) is 4.79 Å². The Morgan fingerprint density at radius 1 is 0.917 bits per heavy atom. The lowest BCUT2D eigenvalue weighted by Crippen LogP contribution is -2.21. The Bertz CT molecular complexity index is 1300. The molecule has 186 valence electrons. The third-order valence-corrected chi connectivity index (χ3v) is 5.52. The number of methoxy groups -OCH3 is 3. The van der Waals surface area contributed by atoms with Crippen LogP contribution in [0.25, 0.3) is 6.08 Å². The molecule has 0 spiro atoms. The van der Waals surface area contributed by atoms with Crippen molar-refractivity contribution in [1.82, 2.24) is 0 Å². The predicted molar refractivity (Wildman–Crippen MR) is 132 cm³/mol. The lowest BCUT2D eigenvalue weighted by molar-refractivity contribution is -0.151. The molecular weight excluding hydrogens is 464 g/mol. The van der Waals surface area contributed by atoms with E-state index in [1.807, 2.05) is 18.2 Å². The Morgan fingerprint density at radius 2 is 1.61 bits per heavy atom. The summed E-state index contributed by atoms with van der Waals surface area (Å²) in [6.07, 6.45) is 0.613. The van der Waals surface area contributed by atoms with Gasteiger partial charge in [-0.3, -0.25) is 4.79 Å². The quantitative estimate of drug-likeness (QED) is 0.305. The molecule has 0 fully saturated rings. The van der Waals surface area contributed by atoms with E-state index in [4.69, 9.17) is 28.4 Å². The molecule has 1 atom stereocenters. The van der Waals surface area contributed by atoms with Crippen LogP contribution in [0.2, 0.25) is 0 Å². The first kappa shape index (κ1) is 24.7. The third-order valence-electron chi connectivity index (χ3n) is 5.52. The molecule has 8 nitrogen and oxygen atoms in total. The maximum absolute atomic E-state index is 13.0. The van der Waals surface area contributed by atoms with E-state index in [-0.39, 0.29) is 18.1 Å². The zero-order valence-corrected chi connectivity index (χ0v) is 20.4. The first-order valence-electron chi connectivity index (χ1n) is 11.3. The lowest BCUT2D eigenvalue weighted by atomic mass is 10.1. The summed E-state index contributed by atoms with van der Waals surface area (Å²) in [5.41, 5.74) is 1.60. The Hall–Kier alpha value is -4.46. The van der Waals surface area contributed by atoms with Crippen LogP contribution in [0.5, 0.6) is 28.7 Å². The number of hydrogen-bond acceptors (Lipinski definition) is 8. The van der Waals surface area contributed by atoms with E-state index in [1.54, 1.807) is 55.5 Å². The molecule has 0 aliphatic carbocycles. The van der Waals surface area contributed by atoms with Gasteiger partial charge in [0.05, 0.1) is 33.5 Å². The molecule has 36 heavy (non-hydrogen) atoms. The van der Waals surface area contributed by atoms with Crippen LogP contribution < -0.4 is 23.7 Å². The number of allylic oxidation sites excluding steroid dienone is 1. The van der Waals surface area contributed by atoms with E-state index in [9.17, 15) is 9.59 Å². The number of carbonyl (C=O) groups is 2. The predicted octanol–water partition coefficient (Wildman–Crippen LogP) is 5.01. The Labute approximate surface area is 209 Å². The van der Waals surface area contributed by atoms with E-state index in [0.29, 0.717) is 45.4 Å². The van der Waals surface area contributed by atoms with Crippen molar-refractivity contribution < 1.29 is 38.0 Å². The van der Waals surface area contributed by atoms with Crippen molar-refractivity contribution in [3.8, 4) is 28.7 Å². The second-order valence-electron chi connectivity index (χ2n) is 7.71. The molecule has 0 amide bonds. The van der Waals surface area contributed by atoms with Gasteiger partial charge in [0.1, 0.15) is 17.2 Å². The summed E-state index contributed by atoms with van der Waals surface area (Å²) in [6, 6.07) is 17.2. The number of rotatable bonds is 9. The van der Waals surface area contributed by atoms with Crippen LogP contribution in [0.1, 0.15) is 34.5 Å². The maximum atomic E-state index is 13.0. The van der Waals surface area contributed by atoms with Crippen LogP contribution in [-0.4, -0.2) is 39.7 Å². The summed E-state index contributed by atoms with van der Waals surface area (Å²) < 4.78 is 33.2. The monoisotopic (exact) mass is 490 g/mol. The van der Waals surface area contributed by atoms with Gasteiger partial charge in [0, 0.05) is 23.3 Å². The van der Waals surface area contributed by atoms with Crippen molar-refractivity contribution in [1.29, 1.82) is 0 Å². The second-order valence-corrected chi connectivity index (χ2v) is 7.71. The van der Waals surface area contributed by atoms with Crippen molar-refractivity contribution in [2.45, 2.75) is 13.0 Å². The Morgan fingerprint density at radius 3 is 2.28 bits per heavy atom. The van der Waals surface area contributed by atoms with Gasteiger partial charge in [-0.2, -0.15) is 0 Å². The molecule has 8 heteroatoms. The third kappa shape index (κ3) is 4.98. The summed E-state index contributed by atoms with van der Waals surface area (Å²) in [4.78, 5) is 25.6.